The summed E-state index contributed by atoms with van der Waals surface area (Å²) in [5.41, 5.74) is 3.01. The van der Waals surface area contributed by atoms with E-state index in [0.717, 1.165) is 24.2 Å². The third kappa shape index (κ3) is 3.54. The summed E-state index contributed by atoms with van der Waals surface area (Å²) < 4.78 is 0. The first kappa shape index (κ1) is 14.0. The van der Waals surface area contributed by atoms with Crippen molar-refractivity contribution < 1.29 is 4.79 Å². The van der Waals surface area contributed by atoms with Crippen molar-refractivity contribution >= 4 is 17.3 Å². The highest BCUT2D eigenvalue weighted by Crippen LogP contribution is 2.16. The van der Waals surface area contributed by atoms with Crippen LogP contribution in [0.5, 0.6) is 0 Å². The van der Waals surface area contributed by atoms with Gasteiger partial charge in [0.2, 0.25) is 0 Å². The van der Waals surface area contributed by atoms with E-state index >= 15 is 0 Å². The average Bonchev–Trinajstić information content (AvgIpc) is 2.45. The van der Waals surface area contributed by atoms with Gasteiger partial charge in [0.15, 0.2) is 0 Å². The Bertz CT molecular complexity index is 598. The fourth-order valence-electron chi connectivity index (χ4n) is 1.81. The second-order valence-corrected chi connectivity index (χ2v) is 4.55. The Morgan fingerprint density at radius 1 is 1.25 bits per heavy atom. The molecule has 0 aliphatic heterocycles. The molecule has 2 aromatic heterocycles. The van der Waals surface area contributed by atoms with E-state index in [1.165, 1.54) is 0 Å². The summed E-state index contributed by atoms with van der Waals surface area (Å²) in [7, 11) is 0. The van der Waals surface area contributed by atoms with Crippen molar-refractivity contribution in [2.45, 2.75) is 20.3 Å². The molecule has 0 spiro atoms. The number of nitrogens with one attached hydrogen (secondary N) is 2. The minimum absolute atomic E-state index is 0.168. The summed E-state index contributed by atoms with van der Waals surface area (Å²) in [5, 5.41) is 6.05. The molecule has 5 nitrogen and oxygen atoms in total. The Morgan fingerprint density at radius 2 is 2.10 bits per heavy atom. The summed E-state index contributed by atoms with van der Waals surface area (Å²) in [6, 6.07) is 3.59. The van der Waals surface area contributed by atoms with Crippen LogP contribution in [0, 0.1) is 6.92 Å². The highest BCUT2D eigenvalue weighted by atomic mass is 16.1. The smallest absolute Gasteiger partial charge is 0.257 e. The van der Waals surface area contributed by atoms with E-state index in [9.17, 15) is 4.79 Å². The minimum Gasteiger partial charge on any atom is -0.383 e. The van der Waals surface area contributed by atoms with Crippen molar-refractivity contribution in [3.8, 4) is 0 Å². The first-order valence-electron chi connectivity index (χ1n) is 6.61. The molecule has 0 aliphatic rings. The molecule has 2 N–H and O–H groups in total. The van der Waals surface area contributed by atoms with Gasteiger partial charge in [0.1, 0.15) is 0 Å². The number of nitrogens with zero attached hydrogens (tertiary/aromatic N) is 2. The second-order valence-electron chi connectivity index (χ2n) is 4.55. The van der Waals surface area contributed by atoms with Gasteiger partial charge in [-0.2, -0.15) is 0 Å². The topological polar surface area (TPSA) is 66.9 Å². The van der Waals surface area contributed by atoms with Crippen molar-refractivity contribution in [2.75, 3.05) is 17.2 Å². The molecule has 0 radical (unpaired) electrons. The van der Waals surface area contributed by atoms with Crippen LogP contribution in [0.15, 0.2) is 36.9 Å². The zero-order valence-corrected chi connectivity index (χ0v) is 11.7. The molecule has 20 heavy (non-hydrogen) atoms. The number of aromatic nitrogens is 2. The highest BCUT2D eigenvalue weighted by molar-refractivity contribution is 6.07. The first-order valence-corrected chi connectivity index (χ1v) is 6.61. The maximum atomic E-state index is 12.3. The molecule has 0 atom stereocenters. The third-order valence-electron chi connectivity index (χ3n) is 2.76. The summed E-state index contributed by atoms with van der Waals surface area (Å²) in [4.78, 5) is 20.4. The van der Waals surface area contributed by atoms with E-state index in [4.69, 9.17) is 0 Å². The number of carbonyl (C=O) groups is 1. The van der Waals surface area contributed by atoms with Crippen LogP contribution in [0.3, 0.4) is 0 Å². The Morgan fingerprint density at radius 3 is 2.85 bits per heavy atom. The molecular weight excluding hydrogens is 252 g/mol. The number of amides is 1. The van der Waals surface area contributed by atoms with Crippen LogP contribution in [-0.4, -0.2) is 22.4 Å². The molecule has 2 heterocycles. The lowest BCUT2D eigenvalue weighted by atomic mass is 10.2. The lowest BCUT2D eigenvalue weighted by Crippen LogP contribution is -2.15. The molecule has 0 saturated heterocycles. The van der Waals surface area contributed by atoms with E-state index in [0.29, 0.717) is 11.3 Å². The molecule has 2 aromatic rings. The van der Waals surface area contributed by atoms with Crippen LogP contribution in [-0.2, 0) is 0 Å². The van der Waals surface area contributed by atoms with Crippen molar-refractivity contribution in [2.24, 2.45) is 0 Å². The minimum atomic E-state index is -0.168. The van der Waals surface area contributed by atoms with Crippen LogP contribution < -0.4 is 10.6 Å². The molecule has 0 bridgehead atoms. The van der Waals surface area contributed by atoms with Crippen molar-refractivity contribution in [1.82, 2.24) is 9.97 Å². The van der Waals surface area contributed by atoms with E-state index in [2.05, 4.69) is 27.5 Å². The number of aryl methyl sites for hydroxylation is 1. The van der Waals surface area contributed by atoms with Gasteiger partial charge in [0.25, 0.3) is 5.91 Å². The molecular formula is C15H18N4O. The maximum absolute atomic E-state index is 12.3. The standard InChI is InChI=1S/C15H18N4O/c1-3-5-18-14-10-16-6-4-13(14)15(20)19-12-7-11(2)8-17-9-12/h4,6-10,18H,3,5H2,1-2H3,(H,19,20). The summed E-state index contributed by atoms with van der Waals surface area (Å²) in [6.07, 6.45) is 7.64. The molecule has 2 rings (SSSR count). The molecule has 1 amide bonds. The van der Waals surface area contributed by atoms with Crippen LogP contribution in [0.1, 0.15) is 29.3 Å². The van der Waals surface area contributed by atoms with Crippen molar-refractivity contribution in [1.29, 1.82) is 0 Å². The number of anilines is 2. The number of carbonyl (C=O) groups excluding carboxylic acids is 1. The second kappa shape index (κ2) is 6.65. The lowest BCUT2D eigenvalue weighted by molar-refractivity contribution is 0.102. The molecule has 0 fully saturated rings. The van der Waals surface area contributed by atoms with E-state index in [-0.39, 0.29) is 5.91 Å². The number of pyridine rings is 2. The lowest BCUT2D eigenvalue weighted by Gasteiger charge is -2.11. The van der Waals surface area contributed by atoms with Gasteiger partial charge in [0.05, 0.1) is 29.3 Å². The Kier molecular flexibility index (Phi) is 4.65. The molecule has 5 heteroatoms. The van der Waals surface area contributed by atoms with Gasteiger partial charge in [-0.25, -0.2) is 0 Å². The van der Waals surface area contributed by atoms with Gasteiger partial charge >= 0.3 is 0 Å². The van der Waals surface area contributed by atoms with Gasteiger partial charge in [0, 0.05) is 18.9 Å². The molecule has 0 unspecified atom stereocenters. The molecule has 104 valence electrons. The van der Waals surface area contributed by atoms with Crippen molar-refractivity contribution in [3.63, 3.8) is 0 Å². The summed E-state index contributed by atoms with van der Waals surface area (Å²) in [6.45, 7) is 4.81. The van der Waals surface area contributed by atoms with Gasteiger partial charge in [-0.15, -0.1) is 0 Å². The van der Waals surface area contributed by atoms with Crippen LogP contribution >= 0.6 is 0 Å². The fourth-order valence-corrected chi connectivity index (χ4v) is 1.81. The number of hydrogen-bond acceptors (Lipinski definition) is 4. The first-order chi connectivity index (χ1) is 9.70. The molecule has 0 aromatic carbocycles. The molecule has 0 saturated carbocycles. The average molecular weight is 270 g/mol. The number of rotatable bonds is 5. The normalized spacial score (nSPS) is 10.1. The summed E-state index contributed by atoms with van der Waals surface area (Å²) in [5.74, 6) is -0.168. The predicted molar refractivity (Wildman–Crippen MR) is 79.9 cm³/mol. The van der Waals surface area contributed by atoms with Crippen LogP contribution in [0.4, 0.5) is 11.4 Å². The monoisotopic (exact) mass is 270 g/mol. The van der Waals surface area contributed by atoms with Gasteiger partial charge in [-0.3, -0.25) is 14.8 Å². The zero-order valence-electron chi connectivity index (χ0n) is 11.7. The van der Waals surface area contributed by atoms with Crippen LogP contribution in [0.25, 0.3) is 0 Å². The zero-order chi connectivity index (χ0) is 14.4. The van der Waals surface area contributed by atoms with Gasteiger partial charge in [-0.05, 0) is 31.0 Å². The number of hydrogen-bond donors (Lipinski definition) is 2. The third-order valence-corrected chi connectivity index (χ3v) is 2.76. The Hall–Kier alpha value is -2.43. The van der Waals surface area contributed by atoms with Crippen molar-refractivity contribution in [3.05, 3.63) is 48.0 Å². The molecule has 0 aliphatic carbocycles. The Labute approximate surface area is 118 Å². The SMILES string of the molecule is CCCNc1cnccc1C(=O)Nc1cncc(C)c1. The van der Waals surface area contributed by atoms with Gasteiger partial charge < -0.3 is 10.6 Å². The highest BCUT2D eigenvalue weighted by Gasteiger charge is 2.11. The quantitative estimate of drug-likeness (QED) is 0.876. The maximum Gasteiger partial charge on any atom is 0.257 e. The van der Waals surface area contributed by atoms with E-state index < -0.39 is 0 Å². The Balaban J connectivity index is 2.16. The van der Waals surface area contributed by atoms with Crippen LogP contribution in [0.2, 0.25) is 0 Å². The fraction of sp³-hybridized carbons (Fsp3) is 0.267. The van der Waals surface area contributed by atoms with Gasteiger partial charge in [-0.1, -0.05) is 6.92 Å². The van der Waals surface area contributed by atoms with E-state index in [1.807, 2.05) is 13.0 Å². The largest absolute Gasteiger partial charge is 0.383 e. The predicted octanol–water partition coefficient (Wildman–Crippen LogP) is 2.86. The van der Waals surface area contributed by atoms with E-state index in [1.54, 1.807) is 30.9 Å². The summed E-state index contributed by atoms with van der Waals surface area (Å²) >= 11 is 0.